The lowest BCUT2D eigenvalue weighted by Gasteiger charge is -2.34. The highest BCUT2D eigenvalue weighted by Gasteiger charge is 2.33. The van der Waals surface area contributed by atoms with Crippen LogP contribution in [-0.4, -0.2) is 34.9 Å². The first-order chi connectivity index (χ1) is 17.9. The molecule has 202 valence electrons. The van der Waals surface area contributed by atoms with Crippen molar-refractivity contribution in [3.8, 4) is 5.75 Å². The molecule has 0 heterocycles. The number of benzene rings is 3. The normalized spacial score (nSPS) is 12.2. The number of nitrogens with one attached hydrogen (secondary N) is 1. The van der Waals surface area contributed by atoms with Gasteiger partial charge in [-0.25, -0.2) is 0 Å². The van der Waals surface area contributed by atoms with Gasteiger partial charge in [-0.15, -0.1) is 0 Å². The summed E-state index contributed by atoms with van der Waals surface area (Å²) in [5.74, 6) is 0.358. The molecule has 1 unspecified atom stereocenters. The van der Waals surface area contributed by atoms with E-state index in [-0.39, 0.29) is 25.0 Å². The van der Waals surface area contributed by atoms with Crippen LogP contribution in [0.3, 0.4) is 0 Å². The van der Waals surface area contributed by atoms with Crippen LogP contribution in [0, 0.1) is 0 Å². The van der Waals surface area contributed by atoms with Crippen molar-refractivity contribution in [1.82, 2.24) is 10.2 Å². The highest BCUT2D eigenvalue weighted by molar-refractivity contribution is 6.36. The van der Waals surface area contributed by atoms with Crippen LogP contribution in [0.5, 0.6) is 5.75 Å². The van der Waals surface area contributed by atoms with Crippen LogP contribution in [0.4, 0.5) is 0 Å². The number of carbonyl (C=O) groups excluding carboxylic acids is 2. The number of hydrogen-bond donors (Lipinski definition) is 1. The number of amides is 2. The molecule has 0 spiro atoms. The summed E-state index contributed by atoms with van der Waals surface area (Å²) >= 11 is 13.0. The minimum atomic E-state index is -0.816. The van der Waals surface area contributed by atoms with Crippen LogP contribution >= 0.6 is 23.2 Å². The van der Waals surface area contributed by atoms with Crippen molar-refractivity contribution in [2.24, 2.45) is 0 Å². The standard InChI is InChI=1S/C31H36Cl2N2O3/c1-21(2)23-14-16-24(17-15-23)38-20-29(36)35(19-25-26(32)12-9-13-27(25)33)28(30(37)34-31(3,4)5)18-22-10-7-6-8-11-22/h6-17,21,28H,18-20H2,1-5H3,(H,34,37). The average Bonchev–Trinajstić information content (AvgIpc) is 2.86. The summed E-state index contributed by atoms with van der Waals surface area (Å²) in [5.41, 5.74) is 2.19. The molecule has 0 aliphatic heterocycles. The number of carbonyl (C=O) groups is 2. The second-order valence-electron chi connectivity index (χ2n) is 10.7. The van der Waals surface area contributed by atoms with Gasteiger partial charge in [-0.1, -0.05) is 85.6 Å². The molecule has 3 aromatic carbocycles. The summed E-state index contributed by atoms with van der Waals surface area (Å²) in [6.45, 7) is 9.78. The molecule has 0 saturated carbocycles. The Bertz CT molecular complexity index is 1200. The number of halogens is 2. The molecule has 0 bridgehead atoms. The first-order valence-corrected chi connectivity index (χ1v) is 13.5. The van der Waals surface area contributed by atoms with E-state index in [4.69, 9.17) is 27.9 Å². The van der Waals surface area contributed by atoms with Crippen molar-refractivity contribution in [2.75, 3.05) is 6.61 Å². The van der Waals surface area contributed by atoms with E-state index < -0.39 is 11.6 Å². The van der Waals surface area contributed by atoms with Crippen molar-refractivity contribution in [3.63, 3.8) is 0 Å². The lowest BCUT2D eigenvalue weighted by molar-refractivity contribution is -0.143. The molecule has 38 heavy (non-hydrogen) atoms. The largest absolute Gasteiger partial charge is 0.484 e. The van der Waals surface area contributed by atoms with Crippen LogP contribution in [0.15, 0.2) is 72.8 Å². The van der Waals surface area contributed by atoms with Gasteiger partial charge in [0.2, 0.25) is 5.91 Å². The van der Waals surface area contributed by atoms with E-state index in [0.717, 1.165) is 5.56 Å². The van der Waals surface area contributed by atoms with E-state index in [9.17, 15) is 9.59 Å². The van der Waals surface area contributed by atoms with Crippen LogP contribution < -0.4 is 10.1 Å². The van der Waals surface area contributed by atoms with Crippen LogP contribution in [0.1, 0.15) is 57.2 Å². The summed E-state index contributed by atoms with van der Waals surface area (Å²) in [7, 11) is 0. The fourth-order valence-corrected chi connectivity index (χ4v) is 4.55. The molecule has 0 saturated heterocycles. The third kappa shape index (κ3) is 8.50. The Morgan fingerprint density at radius 3 is 2.05 bits per heavy atom. The fourth-order valence-electron chi connectivity index (χ4n) is 4.04. The molecule has 2 amide bonds. The maximum atomic E-state index is 13.8. The first kappa shape index (κ1) is 29.5. The number of rotatable bonds is 10. The lowest BCUT2D eigenvalue weighted by Crippen LogP contribution is -2.55. The number of hydrogen-bond acceptors (Lipinski definition) is 3. The molecule has 3 aromatic rings. The first-order valence-electron chi connectivity index (χ1n) is 12.8. The maximum absolute atomic E-state index is 13.8. The molecule has 0 aromatic heterocycles. The van der Waals surface area contributed by atoms with E-state index in [1.165, 1.54) is 10.5 Å². The molecule has 0 fully saturated rings. The van der Waals surface area contributed by atoms with Gasteiger partial charge in [0.1, 0.15) is 11.8 Å². The van der Waals surface area contributed by atoms with Gasteiger partial charge in [0.25, 0.3) is 5.91 Å². The summed E-state index contributed by atoms with van der Waals surface area (Å²) in [4.78, 5) is 28.9. The molecule has 0 aliphatic carbocycles. The second kappa shape index (κ2) is 13.2. The second-order valence-corrected chi connectivity index (χ2v) is 11.5. The Morgan fingerprint density at radius 2 is 1.50 bits per heavy atom. The Balaban J connectivity index is 1.95. The zero-order valence-corrected chi connectivity index (χ0v) is 24.1. The van der Waals surface area contributed by atoms with Gasteiger partial charge in [-0.2, -0.15) is 0 Å². The molecule has 3 rings (SSSR count). The molecule has 7 heteroatoms. The zero-order chi connectivity index (χ0) is 27.9. The molecule has 0 aliphatic rings. The van der Waals surface area contributed by atoms with Gasteiger partial charge >= 0.3 is 0 Å². The monoisotopic (exact) mass is 554 g/mol. The van der Waals surface area contributed by atoms with Crippen molar-refractivity contribution in [1.29, 1.82) is 0 Å². The van der Waals surface area contributed by atoms with Gasteiger partial charge in [0.15, 0.2) is 6.61 Å². The third-order valence-corrected chi connectivity index (χ3v) is 6.78. The molecule has 1 N–H and O–H groups in total. The van der Waals surface area contributed by atoms with Gasteiger partial charge < -0.3 is 15.0 Å². The van der Waals surface area contributed by atoms with Crippen LogP contribution in [0.2, 0.25) is 10.0 Å². The molecule has 5 nitrogen and oxygen atoms in total. The SMILES string of the molecule is CC(C)c1ccc(OCC(=O)N(Cc2c(Cl)cccc2Cl)C(Cc2ccccc2)C(=O)NC(C)(C)C)cc1. The Morgan fingerprint density at radius 1 is 0.895 bits per heavy atom. The van der Waals surface area contributed by atoms with Crippen molar-refractivity contribution >= 4 is 35.0 Å². The van der Waals surface area contributed by atoms with Gasteiger partial charge in [0.05, 0.1) is 0 Å². The average molecular weight is 556 g/mol. The van der Waals surface area contributed by atoms with Crippen LogP contribution in [0.25, 0.3) is 0 Å². The predicted molar refractivity (Wildman–Crippen MR) is 155 cm³/mol. The maximum Gasteiger partial charge on any atom is 0.261 e. The Labute approximate surface area is 236 Å². The quantitative estimate of drug-likeness (QED) is 0.292. The van der Waals surface area contributed by atoms with E-state index in [1.807, 2.05) is 75.4 Å². The number of ether oxygens (including phenoxy) is 1. The minimum Gasteiger partial charge on any atom is -0.484 e. The fraction of sp³-hybridized carbons (Fsp3) is 0.355. The molecular weight excluding hydrogens is 519 g/mol. The molecular formula is C31H36Cl2N2O3. The summed E-state index contributed by atoms with van der Waals surface area (Å²) < 4.78 is 5.87. The van der Waals surface area contributed by atoms with Crippen molar-refractivity contribution in [2.45, 2.75) is 65.1 Å². The minimum absolute atomic E-state index is 0.0576. The summed E-state index contributed by atoms with van der Waals surface area (Å²) in [6.07, 6.45) is 0.319. The zero-order valence-electron chi connectivity index (χ0n) is 22.6. The summed E-state index contributed by atoms with van der Waals surface area (Å²) in [5, 5.41) is 3.89. The van der Waals surface area contributed by atoms with E-state index in [2.05, 4.69) is 19.2 Å². The highest BCUT2D eigenvalue weighted by Crippen LogP contribution is 2.27. The number of nitrogens with zero attached hydrogens (tertiary/aromatic N) is 1. The van der Waals surface area contributed by atoms with E-state index in [0.29, 0.717) is 33.7 Å². The Hall–Kier alpha value is -3.02. The van der Waals surface area contributed by atoms with E-state index >= 15 is 0 Å². The van der Waals surface area contributed by atoms with Gasteiger partial charge in [0, 0.05) is 34.1 Å². The van der Waals surface area contributed by atoms with Gasteiger partial charge in [-0.3, -0.25) is 9.59 Å². The predicted octanol–water partition coefficient (Wildman–Crippen LogP) is 7.05. The van der Waals surface area contributed by atoms with Crippen LogP contribution in [-0.2, 0) is 22.6 Å². The highest BCUT2D eigenvalue weighted by atomic mass is 35.5. The Kier molecular flexibility index (Phi) is 10.2. The smallest absolute Gasteiger partial charge is 0.261 e. The molecule has 1 atom stereocenters. The van der Waals surface area contributed by atoms with Crippen molar-refractivity contribution < 1.29 is 14.3 Å². The third-order valence-electron chi connectivity index (χ3n) is 6.07. The van der Waals surface area contributed by atoms with Gasteiger partial charge in [-0.05, 0) is 62.1 Å². The lowest BCUT2D eigenvalue weighted by atomic mass is 10.0. The summed E-state index contributed by atoms with van der Waals surface area (Å²) in [6, 6.07) is 21.7. The van der Waals surface area contributed by atoms with E-state index in [1.54, 1.807) is 18.2 Å². The topological polar surface area (TPSA) is 58.6 Å². The molecule has 0 radical (unpaired) electrons. The van der Waals surface area contributed by atoms with Crippen molar-refractivity contribution in [3.05, 3.63) is 99.5 Å².